The molecule has 0 amide bonds. The van der Waals surface area contributed by atoms with E-state index in [-0.39, 0.29) is 5.56 Å². The standard InChI is InChI=1S/C20H22N4O/c1-12-2-5-17-15(8-12)14(9-21-17)10-24-7-6-18-16(11-24)20(25)23-19(22-18)13-3-4-13/h2,5,8-9,13,21H,3-4,6-7,10-11H2,1H3,(H,22,23,25). The van der Waals surface area contributed by atoms with Crippen molar-refractivity contribution in [2.24, 2.45) is 0 Å². The van der Waals surface area contributed by atoms with Crippen molar-refractivity contribution in [2.45, 2.75) is 45.2 Å². The summed E-state index contributed by atoms with van der Waals surface area (Å²) in [6, 6.07) is 6.49. The Morgan fingerprint density at radius 1 is 1.32 bits per heavy atom. The number of nitrogens with zero attached hydrogens (tertiary/aromatic N) is 2. The molecule has 1 aliphatic heterocycles. The Kier molecular flexibility index (Phi) is 3.31. The molecule has 128 valence electrons. The molecule has 0 unspecified atom stereocenters. The Hall–Kier alpha value is -2.40. The van der Waals surface area contributed by atoms with Crippen LogP contribution in [0.15, 0.2) is 29.2 Å². The number of aryl methyl sites for hydroxylation is 1. The van der Waals surface area contributed by atoms with Crippen LogP contribution < -0.4 is 5.56 Å². The molecule has 0 bridgehead atoms. The fourth-order valence-corrected chi connectivity index (χ4v) is 3.85. The molecule has 2 aliphatic rings. The van der Waals surface area contributed by atoms with Gasteiger partial charge in [-0.15, -0.1) is 0 Å². The maximum atomic E-state index is 12.5. The van der Waals surface area contributed by atoms with Gasteiger partial charge in [0.15, 0.2) is 0 Å². The summed E-state index contributed by atoms with van der Waals surface area (Å²) in [5.74, 6) is 1.40. The average Bonchev–Trinajstić information content (AvgIpc) is 3.39. The fourth-order valence-electron chi connectivity index (χ4n) is 3.85. The molecule has 2 aromatic heterocycles. The monoisotopic (exact) mass is 334 g/mol. The molecule has 5 heteroatoms. The number of aromatic amines is 2. The fraction of sp³-hybridized carbons (Fsp3) is 0.400. The number of fused-ring (bicyclic) bond motifs is 2. The van der Waals surface area contributed by atoms with Gasteiger partial charge in [0.05, 0.1) is 11.3 Å². The predicted molar refractivity (Wildman–Crippen MR) is 97.7 cm³/mol. The van der Waals surface area contributed by atoms with Gasteiger partial charge in [0, 0.05) is 49.1 Å². The molecule has 2 N–H and O–H groups in total. The maximum Gasteiger partial charge on any atom is 0.255 e. The zero-order valence-corrected chi connectivity index (χ0v) is 14.4. The van der Waals surface area contributed by atoms with E-state index in [9.17, 15) is 4.79 Å². The lowest BCUT2D eigenvalue weighted by molar-refractivity contribution is 0.242. The normalized spacial score (nSPS) is 17.8. The first kappa shape index (κ1) is 14.9. The highest BCUT2D eigenvalue weighted by atomic mass is 16.1. The molecule has 1 saturated carbocycles. The van der Waals surface area contributed by atoms with E-state index >= 15 is 0 Å². The Bertz CT molecular complexity index is 1010. The van der Waals surface area contributed by atoms with Crippen molar-refractivity contribution in [1.82, 2.24) is 19.9 Å². The minimum Gasteiger partial charge on any atom is -0.361 e. The third kappa shape index (κ3) is 2.68. The van der Waals surface area contributed by atoms with Gasteiger partial charge >= 0.3 is 0 Å². The lowest BCUT2D eigenvalue weighted by Crippen LogP contribution is -2.35. The van der Waals surface area contributed by atoms with Crippen LogP contribution in [0, 0.1) is 6.92 Å². The third-order valence-electron chi connectivity index (χ3n) is 5.45. The minimum absolute atomic E-state index is 0.0615. The number of nitrogens with one attached hydrogen (secondary N) is 2. The zero-order valence-electron chi connectivity index (χ0n) is 14.4. The van der Waals surface area contributed by atoms with Crippen LogP contribution in [0.2, 0.25) is 0 Å². The van der Waals surface area contributed by atoms with E-state index in [1.165, 1.54) is 22.0 Å². The van der Waals surface area contributed by atoms with Gasteiger partial charge in [-0.3, -0.25) is 9.69 Å². The summed E-state index contributed by atoms with van der Waals surface area (Å²) in [5.41, 5.74) is 5.66. The van der Waals surface area contributed by atoms with Crippen LogP contribution in [0.3, 0.4) is 0 Å². The van der Waals surface area contributed by atoms with E-state index in [4.69, 9.17) is 4.98 Å². The van der Waals surface area contributed by atoms with Crippen molar-refractivity contribution >= 4 is 10.9 Å². The zero-order chi connectivity index (χ0) is 17.0. The molecule has 3 heterocycles. The molecule has 0 spiro atoms. The summed E-state index contributed by atoms with van der Waals surface area (Å²) in [6.07, 6.45) is 5.28. The van der Waals surface area contributed by atoms with Crippen molar-refractivity contribution in [2.75, 3.05) is 6.54 Å². The molecule has 0 radical (unpaired) electrons. The van der Waals surface area contributed by atoms with Gasteiger partial charge in [0.1, 0.15) is 5.82 Å². The molecule has 1 aliphatic carbocycles. The average molecular weight is 334 g/mol. The number of hydrogen-bond donors (Lipinski definition) is 2. The van der Waals surface area contributed by atoms with Crippen LogP contribution in [0.4, 0.5) is 0 Å². The van der Waals surface area contributed by atoms with Gasteiger partial charge in [0.2, 0.25) is 0 Å². The summed E-state index contributed by atoms with van der Waals surface area (Å²) in [7, 11) is 0. The van der Waals surface area contributed by atoms with Gasteiger partial charge in [-0.05, 0) is 37.5 Å². The minimum atomic E-state index is 0.0615. The van der Waals surface area contributed by atoms with E-state index in [1.54, 1.807) is 0 Å². The van der Waals surface area contributed by atoms with Gasteiger partial charge in [-0.2, -0.15) is 0 Å². The summed E-state index contributed by atoms with van der Waals surface area (Å²) in [5, 5.41) is 1.28. The van der Waals surface area contributed by atoms with Gasteiger partial charge < -0.3 is 9.97 Å². The number of aromatic nitrogens is 3. The quantitative estimate of drug-likeness (QED) is 0.774. The number of benzene rings is 1. The summed E-state index contributed by atoms with van der Waals surface area (Å²) >= 11 is 0. The van der Waals surface area contributed by atoms with E-state index in [0.29, 0.717) is 12.5 Å². The van der Waals surface area contributed by atoms with Crippen LogP contribution in [-0.4, -0.2) is 26.4 Å². The molecular weight excluding hydrogens is 312 g/mol. The second-order valence-corrected chi connectivity index (χ2v) is 7.47. The largest absolute Gasteiger partial charge is 0.361 e. The first-order valence-corrected chi connectivity index (χ1v) is 9.08. The lowest BCUT2D eigenvalue weighted by Gasteiger charge is -2.27. The van der Waals surface area contributed by atoms with E-state index in [0.717, 1.165) is 49.4 Å². The molecule has 1 fully saturated rings. The Morgan fingerprint density at radius 2 is 2.20 bits per heavy atom. The number of H-pyrrole nitrogens is 2. The highest BCUT2D eigenvalue weighted by molar-refractivity contribution is 5.83. The van der Waals surface area contributed by atoms with Crippen LogP contribution in [0.1, 0.15) is 47.0 Å². The van der Waals surface area contributed by atoms with Crippen molar-refractivity contribution in [1.29, 1.82) is 0 Å². The first-order valence-electron chi connectivity index (χ1n) is 9.08. The van der Waals surface area contributed by atoms with E-state index in [1.807, 2.05) is 0 Å². The van der Waals surface area contributed by atoms with E-state index < -0.39 is 0 Å². The molecule has 5 nitrogen and oxygen atoms in total. The van der Waals surface area contributed by atoms with Crippen LogP contribution in [0.5, 0.6) is 0 Å². The molecule has 3 aromatic rings. The summed E-state index contributed by atoms with van der Waals surface area (Å²) < 4.78 is 0. The Morgan fingerprint density at radius 3 is 3.04 bits per heavy atom. The number of hydrogen-bond acceptors (Lipinski definition) is 3. The summed E-state index contributed by atoms with van der Waals surface area (Å²) in [6.45, 7) is 4.61. The molecule has 25 heavy (non-hydrogen) atoms. The van der Waals surface area contributed by atoms with Crippen molar-refractivity contribution in [3.05, 3.63) is 63.0 Å². The smallest absolute Gasteiger partial charge is 0.255 e. The SMILES string of the molecule is Cc1ccc2[nH]cc(CN3CCc4nc(C5CC5)[nH]c(=O)c4C3)c2c1. The molecule has 0 saturated heterocycles. The maximum absolute atomic E-state index is 12.5. The van der Waals surface area contributed by atoms with Gasteiger partial charge in [0.25, 0.3) is 5.56 Å². The van der Waals surface area contributed by atoms with Crippen LogP contribution in [0.25, 0.3) is 10.9 Å². The second-order valence-electron chi connectivity index (χ2n) is 7.47. The van der Waals surface area contributed by atoms with E-state index in [2.05, 4.69) is 46.2 Å². The van der Waals surface area contributed by atoms with Crippen molar-refractivity contribution in [3.63, 3.8) is 0 Å². The molecular formula is C20H22N4O. The predicted octanol–water partition coefficient (Wildman–Crippen LogP) is 3.00. The first-order chi connectivity index (χ1) is 12.2. The van der Waals surface area contributed by atoms with Crippen LogP contribution in [-0.2, 0) is 19.5 Å². The molecule has 5 rings (SSSR count). The highest BCUT2D eigenvalue weighted by Gasteiger charge is 2.29. The Labute approximate surface area is 146 Å². The van der Waals surface area contributed by atoms with Crippen molar-refractivity contribution < 1.29 is 0 Å². The van der Waals surface area contributed by atoms with Crippen LogP contribution >= 0.6 is 0 Å². The number of rotatable bonds is 3. The highest BCUT2D eigenvalue weighted by Crippen LogP contribution is 2.37. The second kappa shape index (κ2) is 5.56. The third-order valence-corrected chi connectivity index (χ3v) is 5.45. The Balaban J connectivity index is 1.41. The molecule has 1 aromatic carbocycles. The van der Waals surface area contributed by atoms with Gasteiger partial charge in [-0.1, -0.05) is 11.6 Å². The molecule has 0 atom stereocenters. The summed E-state index contributed by atoms with van der Waals surface area (Å²) in [4.78, 5) is 26.0. The van der Waals surface area contributed by atoms with Crippen molar-refractivity contribution in [3.8, 4) is 0 Å². The topological polar surface area (TPSA) is 64.8 Å². The van der Waals surface area contributed by atoms with Gasteiger partial charge in [-0.25, -0.2) is 4.98 Å². The lowest BCUT2D eigenvalue weighted by atomic mass is 10.0.